The van der Waals surface area contributed by atoms with Gasteiger partial charge >= 0.3 is 0 Å². The fraction of sp³-hybridized carbons (Fsp3) is 0.812. The second-order valence-electron chi connectivity index (χ2n) is 6.02. The summed E-state index contributed by atoms with van der Waals surface area (Å²) in [5.41, 5.74) is 6.47. The summed E-state index contributed by atoms with van der Waals surface area (Å²) in [6.07, 6.45) is 17.3. The van der Waals surface area contributed by atoms with Crippen molar-refractivity contribution >= 4 is 0 Å². The Labute approximate surface area is 117 Å². The lowest BCUT2D eigenvalue weighted by Gasteiger charge is -2.27. The van der Waals surface area contributed by atoms with Crippen LogP contribution in [0.25, 0.3) is 0 Å². The highest BCUT2D eigenvalue weighted by Crippen LogP contribution is 2.25. The van der Waals surface area contributed by atoms with Gasteiger partial charge in [0.1, 0.15) is 5.82 Å². The molecule has 1 heterocycles. The van der Waals surface area contributed by atoms with Gasteiger partial charge in [-0.2, -0.15) is 0 Å². The Morgan fingerprint density at radius 2 is 1.58 bits per heavy atom. The van der Waals surface area contributed by atoms with Crippen molar-refractivity contribution in [3.05, 3.63) is 18.2 Å². The largest absolute Gasteiger partial charge is 0.331 e. The average molecular weight is 263 g/mol. The van der Waals surface area contributed by atoms with Crippen LogP contribution in [0.5, 0.6) is 0 Å². The Balaban J connectivity index is 2.01. The summed E-state index contributed by atoms with van der Waals surface area (Å²) in [6, 6.07) is 0.731. The molecule has 0 saturated heterocycles. The third-order valence-electron chi connectivity index (χ3n) is 4.50. The van der Waals surface area contributed by atoms with Crippen LogP contribution in [-0.4, -0.2) is 15.6 Å². The number of hydrogen-bond acceptors (Lipinski definition) is 2. The smallest absolute Gasteiger partial charge is 0.105 e. The van der Waals surface area contributed by atoms with Gasteiger partial charge < -0.3 is 10.3 Å². The van der Waals surface area contributed by atoms with E-state index < -0.39 is 0 Å². The molecule has 2 N–H and O–H groups in total. The normalized spacial score (nSPS) is 27.5. The minimum atomic E-state index is 0.285. The van der Waals surface area contributed by atoms with E-state index in [1.54, 1.807) is 0 Å². The van der Waals surface area contributed by atoms with Gasteiger partial charge in [0.25, 0.3) is 0 Å². The Bertz CT molecular complexity index is 359. The first-order valence-corrected chi connectivity index (χ1v) is 8.04. The fourth-order valence-electron chi connectivity index (χ4n) is 3.28. The van der Waals surface area contributed by atoms with E-state index in [4.69, 9.17) is 5.73 Å². The molecule has 3 nitrogen and oxygen atoms in total. The number of nitrogens with two attached hydrogens (primary N) is 1. The minimum absolute atomic E-state index is 0.285. The van der Waals surface area contributed by atoms with Crippen molar-refractivity contribution < 1.29 is 0 Å². The third-order valence-corrected chi connectivity index (χ3v) is 4.50. The summed E-state index contributed by atoms with van der Waals surface area (Å²) in [5.74, 6) is 1.10. The molecule has 2 rings (SSSR count). The average Bonchev–Trinajstić information content (AvgIpc) is 2.80. The highest BCUT2D eigenvalue weighted by molar-refractivity contribution is 4.95. The van der Waals surface area contributed by atoms with Gasteiger partial charge in [0.05, 0.1) is 0 Å². The van der Waals surface area contributed by atoms with Crippen LogP contribution in [0.2, 0.25) is 0 Å². The standard InChI is InChI=1S/C16H29N3/c1-14-18-12-13-19(14)16-11-9-7-5-3-2-4-6-8-10-15(16)17/h12-13,15-16H,2-11,17H2,1H3. The molecule has 2 atom stereocenters. The molecular weight excluding hydrogens is 234 g/mol. The number of imidazole rings is 1. The first-order chi connectivity index (χ1) is 9.29. The summed E-state index contributed by atoms with van der Waals surface area (Å²) in [7, 11) is 0. The molecule has 0 amide bonds. The SMILES string of the molecule is Cc1nccn1C1CCCCCCCCCCC1N. The van der Waals surface area contributed by atoms with Gasteiger partial charge in [-0.25, -0.2) is 4.98 Å². The highest BCUT2D eigenvalue weighted by atomic mass is 15.1. The molecule has 1 fully saturated rings. The number of aryl methyl sites for hydroxylation is 1. The van der Waals surface area contributed by atoms with Crippen LogP contribution < -0.4 is 5.73 Å². The predicted molar refractivity (Wildman–Crippen MR) is 80.1 cm³/mol. The van der Waals surface area contributed by atoms with E-state index in [1.165, 1.54) is 57.8 Å². The van der Waals surface area contributed by atoms with E-state index in [9.17, 15) is 0 Å². The molecule has 1 aromatic rings. The molecule has 108 valence electrons. The molecule has 3 heteroatoms. The van der Waals surface area contributed by atoms with Crippen molar-refractivity contribution in [3.8, 4) is 0 Å². The molecule has 0 aromatic carbocycles. The molecule has 1 aromatic heterocycles. The Kier molecular flexibility index (Phi) is 5.90. The van der Waals surface area contributed by atoms with Crippen LogP contribution in [0.4, 0.5) is 0 Å². The summed E-state index contributed by atoms with van der Waals surface area (Å²) in [4.78, 5) is 4.36. The van der Waals surface area contributed by atoms with Crippen LogP contribution >= 0.6 is 0 Å². The monoisotopic (exact) mass is 263 g/mol. The molecule has 0 aliphatic heterocycles. The van der Waals surface area contributed by atoms with E-state index in [1.807, 2.05) is 6.20 Å². The van der Waals surface area contributed by atoms with Gasteiger partial charge in [0, 0.05) is 24.5 Å². The second-order valence-corrected chi connectivity index (χ2v) is 6.02. The summed E-state index contributed by atoms with van der Waals surface area (Å²) >= 11 is 0. The summed E-state index contributed by atoms with van der Waals surface area (Å²) in [6.45, 7) is 2.09. The van der Waals surface area contributed by atoms with Crippen molar-refractivity contribution in [2.45, 2.75) is 83.2 Å². The van der Waals surface area contributed by atoms with Crippen LogP contribution in [0.3, 0.4) is 0 Å². The highest BCUT2D eigenvalue weighted by Gasteiger charge is 2.20. The van der Waals surface area contributed by atoms with Crippen LogP contribution in [0, 0.1) is 6.92 Å². The lowest BCUT2D eigenvalue weighted by molar-refractivity contribution is 0.337. The summed E-state index contributed by atoms with van der Waals surface area (Å²) in [5, 5.41) is 0. The number of rotatable bonds is 1. The van der Waals surface area contributed by atoms with E-state index in [0.717, 1.165) is 12.2 Å². The molecule has 1 saturated carbocycles. The number of hydrogen-bond donors (Lipinski definition) is 1. The second kappa shape index (κ2) is 7.68. The van der Waals surface area contributed by atoms with E-state index in [2.05, 4.69) is 22.7 Å². The summed E-state index contributed by atoms with van der Waals surface area (Å²) < 4.78 is 2.30. The van der Waals surface area contributed by atoms with Crippen molar-refractivity contribution in [2.24, 2.45) is 5.73 Å². The zero-order chi connectivity index (χ0) is 13.5. The predicted octanol–water partition coefficient (Wildman–Crippen LogP) is 3.97. The number of nitrogens with zero attached hydrogens (tertiary/aromatic N) is 2. The lowest BCUT2D eigenvalue weighted by Crippen LogP contribution is -2.32. The molecule has 2 unspecified atom stereocenters. The first kappa shape index (κ1) is 14.6. The molecule has 0 bridgehead atoms. The number of aromatic nitrogens is 2. The van der Waals surface area contributed by atoms with Gasteiger partial charge in [-0.05, 0) is 19.8 Å². The molecule has 0 radical (unpaired) electrons. The molecular formula is C16H29N3. The quantitative estimate of drug-likeness (QED) is 0.833. The Hall–Kier alpha value is -0.830. The van der Waals surface area contributed by atoms with Crippen LogP contribution in [0.15, 0.2) is 12.4 Å². The van der Waals surface area contributed by atoms with Crippen molar-refractivity contribution in [3.63, 3.8) is 0 Å². The van der Waals surface area contributed by atoms with Gasteiger partial charge in [-0.1, -0.05) is 51.4 Å². The van der Waals surface area contributed by atoms with Gasteiger partial charge in [-0.15, -0.1) is 0 Å². The maximum atomic E-state index is 6.47. The maximum absolute atomic E-state index is 6.47. The minimum Gasteiger partial charge on any atom is -0.331 e. The Morgan fingerprint density at radius 1 is 1.00 bits per heavy atom. The first-order valence-electron chi connectivity index (χ1n) is 8.04. The van der Waals surface area contributed by atoms with Crippen molar-refractivity contribution in [1.29, 1.82) is 0 Å². The zero-order valence-electron chi connectivity index (χ0n) is 12.4. The van der Waals surface area contributed by atoms with Crippen molar-refractivity contribution in [1.82, 2.24) is 9.55 Å². The Morgan fingerprint density at radius 3 is 2.16 bits per heavy atom. The van der Waals surface area contributed by atoms with Crippen molar-refractivity contribution in [2.75, 3.05) is 0 Å². The molecule has 1 aliphatic carbocycles. The third kappa shape index (κ3) is 4.34. The van der Waals surface area contributed by atoms with E-state index in [-0.39, 0.29) is 6.04 Å². The van der Waals surface area contributed by atoms with Crippen LogP contribution in [0.1, 0.15) is 76.1 Å². The van der Waals surface area contributed by atoms with E-state index in [0.29, 0.717) is 6.04 Å². The van der Waals surface area contributed by atoms with Gasteiger partial charge in [-0.3, -0.25) is 0 Å². The zero-order valence-corrected chi connectivity index (χ0v) is 12.4. The van der Waals surface area contributed by atoms with Crippen LogP contribution in [-0.2, 0) is 0 Å². The maximum Gasteiger partial charge on any atom is 0.105 e. The molecule has 1 aliphatic rings. The fourth-order valence-corrected chi connectivity index (χ4v) is 3.28. The van der Waals surface area contributed by atoms with Gasteiger partial charge in [0.15, 0.2) is 0 Å². The molecule has 19 heavy (non-hydrogen) atoms. The molecule has 0 spiro atoms. The van der Waals surface area contributed by atoms with Gasteiger partial charge in [0.2, 0.25) is 0 Å². The topological polar surface area (TPSA) is 43.8 Å². The van der Waals surface area contributed by atoms with E-state index >= 15 is 0 Å². The lowest BCUT2D eigenvalue weighted by atomic mass is 9.94.